The van der Waals surface area contributed by atoms with Crippen LogP contribution in [0.2, 0.25) is 0 Å². The second kappa shape index (κ2) is 9.19. The van der Waals surface area contributed by atoms with Crippen LogP contribution in [0.25, 0.3) is 82.1 Å². The fourth-order valence-electron chi connectivity index (χ4n) is 7.56. The molecule has 0 saturated heterocycles. The topological polar surface area (TPSA) is 4.93 Å². The maximum absolute atomic E-state index is 9.46. The molecule has 46 heavy (non-hydrogen) atoms. The van der Waals surface area contributed by atoms with Gasteiger partial charge in [0.05, 0.1) is 26.1 Å². The highest BCUT2D eigenvalue weighted by Crippen LogP contribution is 2.52. The lowest BCUT2D eigenvalue weighted by Crippen LogP contribution is -2.15. The summed E-state index contributed by atoms with van der Waals surface area (Å²) in [6, 6.07) is 23.5. The van der Waals surface area contributed by atoms with Crippen LogP contribution < -0.4 is 0 Å². The molecule has 1 aliphatic rings. The van der Waals surface area contributed by atoms with Gasteiger partial charge in [-0.15, -0.1) is 0 Å². The van der Waals surface area contributed by atoms with E-state index in [0.717, 1.165) is 49.7 Å². The maximum atomic E-state index is 9.46. The molecule has 1 heterocycles. The molecule has 1 heteroatoms. The van der Waals surface area contributed by atoms with Gasteiger partial charge in [0.15, 0.2) is 0 Å². The van der Waals surface area contributed by atoms with Crippen molar-refractivity contribution in [1.82, 2.24) is 4.57 Å². The van der Waals surface area contributed by atoms with E-state index in [4.69, 9.17) is 12.3 Å². The van der Waals surface area contributed by atoms with Crippen LogP contribution in [0.4, 0.5) is 0 Å². The van der Waals surface area contributed by atoms with E-state index in [1.54, 1.807) is 0 Å². The number of fused-ring (bicyclic) bond motifs is 10. The van der Waals surface area contributed by atoms with Crippen LogP contribution in [0, 0.1) is 0 Å². The van der Waals surface area contributed by atoms with Crippen molar-refractivity contribution in [3.63, 3.8) is 0 Å². The molecule has 0 aliphatic heterocycles. The van der Waals surface area contributed by atoms with Crippen molar-refractivity contribution in [2.75, 3.05) is 0 Å². The Morgan fingerprint density at radius 1 is 0.522 bits per heavy atom. The van der Waals surface area contributed by atoms with E-state index in [9.17, 15) is 2.74 Å². The Kier molecular flexibility index (Phi) is 3.42. The third-order valence-electron chi connectivity index (χ3n) is 9.71. The van der Waals surface area contributed by atoms with Gasteiger partial charge in [0, 0.05) is 21.9 Å². The van der Waals surface area contributed by atoms with Crippen molar-refractivity contribution < 1.29 is 15.1 Å². The minimum Gasteiger partial charge on any atom is -0.309 e. The van der Waals surface area contributed by atoms with E-state index in [1.807, 2.05) is 48.5 Å². The predicted octanol–water partition coefficient (Wildman–Crippen LogP) is 12.2. The van der Waals surface area contributed by atoms with Gasteiger partial charge in [-0.25, -0.2) is 0 Å². The third-order valence-corrected chi connectivity index (χ3v) is 9.71. The molecule has 0 bridgehead atoms. The van der Waals surface area contributed by atoms with Crippen molar-refractivity contribution >= 4 is 54.1 Å². The fourth-order valence-corrected chi connectivity index (χ4v) is 7.56. The smallest absolute Gasteiger partial charge is 0.0636 e. The molecule has 0 fully saturated rings. The quantitative estimate of drug-likeness (QED) is 0.138. The second-order valence-electron chi connectivity index (χ2n) is 12.5. The molecule has 0 amide bonds. The first-order chi connectivity index (χ1) is 27.2. The number of aromatic nitrogens is 1. The van der Waals surface area contributed by atoms with Crippen LogP contribution in [0.3, 0.4) is 0 Å². The average molecular weight is 597 g/mol. The first kappa shape index (κ1) is 17.1. The van der Waals surface area contributed by atoms with Crippen LogP contribution in [0.5, 0.6) is 0 Å². The number of hydrogen-bond donors (Lipinski definition) is 0. The van der Waals surface area contributed by atoms with Gasteiger partial charge in [-0.2, -0.15) is 0 Å². The summed E-state index contributed by atoms with van der Waals surface area (Å²) in [5.74, 6) is 0. The second-order valence-corrected chi connectivity index (χ2v) is 12.5. The minimum atomic E-state index is -0.573. The third kappa shape index (κ3) is 3.40. The van der Waals surface area contributed by atoms with E-state index in [1.165, 1.54) is 0 Å². The number of para-hydroxylation sites is 2. The number of rotatable bonds is 2. The lowest BCUT2D eigenvalue weighted by molar-refractivity contribution is 0.661. The molecule has 0 spiro atoms. The highest BCUT2D eigenvalue weighted by atomic mass is 15.0. The highest BCUT2D eigenvalue weighted by molar-refractivity contribution is 6.20. The summed E-state index contributed by atoms with van der Waals surface area (Å²) in [6.07, 6.45) is 0. The van der Waals surface area contributed by atoms with Gasteiger partial charge in [-0.05, 0) is 108 Å². The Morgan fingerprint density at radius 3 is 2.13 bits per heavy atom. The lowest BCUT2D eigenvalue weighted by Gasteiger charge is -2.23. The largest absolute Gasteiger partial charge is 0.309 e. The Morgan fingerprint density at radius 2 is 1.26 bits per heavy atom. The molecule has 0 atom stereocenters. The van der Waals surface area contributed by atoms with Crippen LogP contribution in [-0.2, 0) is 5.41 Å². The van der Waals surface area contributed by atoms with Crippen molar-refractivity contribution in [2.24, 2.45) is 0 Å². The monoisotopic (exact) mass is 596 g/mol. The Hall–Kier alpha value is -5.66. The molecule has 0 saturated carbocycles. The first-order valence-electron chi connectivity index (χ1n) is 20.8. The maximum Gasteiger partial charge on any atom is 0.0636 e. The van der Waals surface area contributed by atoms with Gasteiger partial charge in [-0.1, -0.05) is 123 Å². The summed E-state index contributed by atoms with van der Waals surface area (Å²) in [6.45, 7) is 4.28. The zero-order chi connectivity index (χ0) is 40.1. The van der Waals surface area contributed by atoms with Crippen molar-refractivity contribution in [3.8, 4) is 27.9 Å². The van der Waals surface area contributed by atoms with Gasteiger partial charge in [0.1, 0.15) is 0 Å². The molecule has 0 N–H and O–H groups in total. The first-order valence-corrected chi connectivity index (χ1v) is 15.3. The van der Waals surface area contributed by atoms with E-state index in [2.05, 4.69) is 54.8 Å². The Balaban J connectivity index is 1.34. The molecule has 216 valence electrons. The zero-order valence-electron chi connectivity index (χ0n) is 36.0. The molecule has 9 aromatic rings. The molecule has 1 nitrogen and oxygen atoms in total. The van der Waals surface area contributed by atoms with E-state index in [0.29, 0.717) is 5.56 Å². The molecule has 0 unspecified atom stereocenters. The Labute approximate surface area is 283 Å². The van der Waals surface area contributed by atoms with Gasteiger partial charge in [0.2, 0.25) is 0 Å². The van der Waals surface area contributed by atoms with Crippen molar-refractivity contribution in [3.05, 3.63) is 163 Å². The summed E-state index contributed by atoms with van der Waals surface area (Å²) >= 11 is 0. The van der Waals surface area contributed by atoms with Gasteiger partial charge in [-0.3, -0.25) is 0 Å². The standard InChI is InChI=1S/C45H31N/c1-45(2)40-25-30(44-33-17-9-7-13-29(33)24-37-32-16-8-6-12-28(32)20-23-36(37)44)21-22-34(40)38-27-43-39(26-41(38)45)35-18-10-11-19-42(35)46(43)31-14-4-3-5-15-31/h3-27H,1-2H3/i6D,7D,8D,9D,12D,13D,16D,17D,20D,23D,24D. The molecule has 8 aromatic carbocycles. The summed E-state index contributed by atoms with van der Waals surface area (Å²) < 4.78 is 100. The molecule has 10 rings (SSSR count). The summed E-state index contributed by atoms with van der Waals surface area (Å²) in [5.41, 5.74) is 7.39. The minimum absolute atomic E-state index is 0.00828. The normalized spacial score (nSPS) is 17.0. The molecular weight excluding hydrogens is 555 g/mol. The van der Waals surface area contributed by atoms with Gasteiger partial charge in [0.25, 0.3) is 0 Å². The van der Waals surface area contributed by atoms with Crippen LogP contribution in [0.15, 0.2) is 151 Å². The number of benzene rings is 8. The van der Waals surface area contributed by atoms with Gasteiger partial charge < -0.3 is 4.57 Å². The highest BCUT2D eigenvalue weighted by Gasteiger charge is 2.37. The van der Waals surface area contributed by atoms with Crippen LogP contribution in [-0.4, -0.2) is 4.57 Å². The van der Waals surface area contributed by atoms with E-state index >= 15 is 0 Å². The number of nitrogens with zero attached hydrogens (tertiary/aromatic N) is 1. The van der Waals surface area contributed by atoms with Crippen molar-refractivity contribution in [1.29, 1.82) is 0 Å². The average Bonchev–Trinajstić information content (AvgIpc) is 3.65. The SMILES string of the molecule is [2H]c1c([2H])c([2H])c2c([2H])c3c(c([2H])c([2H])c4c([2H])c([2H])c([2H])c([2H])c43)c(-c3ccc4c(c3)C(C)(C)c3cc5c6ccccc6n(-c6ccccc6)c5cc3-4)c2c1[2H]. The summed E-state index contributed by atoms with van der Waals surface area (Å²) in [4.78, 5) is 0. The Bertz CT molecular complexity index is 3330. The van der Waals surface area contributed by atoms with Crippen molar-refractivity contribution in [2.45, 2.75) is 19.3 Å². The summed E-state index contributed by atoms with van der Waals surface area (Å²) in [7, 11) is 0. The molecule has 0 radical (unpaired) electrons. The van der Waals surface area contributed by atoms with E-state index in [-0.39, 0.29) is 37.9 Å². The van der Waals surface area contributed by atoms with E-state index < -0.39 is 71.9 Å². The number of hydrogen-bond acceptors (Lipinski definition) is 0. The molecular formula is C45H31N. The van der Waals surface area contributed by atoms with Gasteiger partial charge >= 0.3 is 0 Å². The van der Waals surface area contributed by atoms with Crippen LogP contribution in [0.1, 0.15) is 40.1 Å². The molecule has 1 aliphatic carbocycles. The molecule has 1 aromatic heterocycles. The predicted molar refractivity (Wildman–Crippen MR) is 196 cm³/mol. The fraction of sp³-hybridized carbons (Fsp3) is 0.0667. The lowest BCUT2D eigenvalue weighted by atomic mass is 9.80. The summed E-state index contributed by atoms with van der Waals surface area (Å²) in [5, 5.41) is 1.70. The zero-order valence-corrected chi connectivity index (χ0v) is 25.0. The van der Waals surface area contributed by atoms with Crippen LogP contribution >= 0.6 is 0 Å².